The first kappa shape index (κ1) is 20.3. The summed E-state index contributed by atoms with van der Waals surface area (Å²) in [6, 6.07) is 9.48. The summed E-state index contributed by atoms with van der Waals surface area (Å²) < 4.78 is 0. The molecule has 8 heteroatoms. The molecule has 142 valence electrons. The Bertz CT molecular complexity index is 903. The van der Waals surface area contributed by atoms with Gasteiger partial charge in [0.25, 0.3) is 11.8 Å². The van der Waals surface area contributed by atoms with Crippen LogP contribution < -0.4 is 0 Å². The fourth-order valence-electron chi connectivity index (χ4n) is 3.05. The minimum atomic E-state index is -0.146. The molecule has 1 aliphatic heterocycles. The molecule has 2 amide bonds. The summed E-state index contributed by atoms with van der Waals surface area (Å²) in [5.74, 6) is -0.273. The zero-order chi connectivity index (χ0) is 19.7. The van der Waals surface area contributed by atoms with Crippen LogP contribution in [0.15, 0.2) is 36.4 Å². The van der Waals surface area contributed by atoms with Crippen LogP contribution in [-0.2, 0) is 0 Å². The highest BCUT2D eigenvalue weighted by Gasteiger charge is 2.31. The lowest BCUT2D eigenvalue weighted by molar-refractivity contribution is 0.0414. The molecule has 1 unspecified atom stereocenters. The largest absolute Gasteiger partial charge is 0.335 e. The second-order valence-corrected chi connectivity index (χ2v) is 7.99. The number of nitrogens with zero attached hydrogens (tertiary/aromatic N) is 2. The average molecular weight is 446 g/mol. The molecule has 0 radical (unpaired) electrons. The molecule has 0 saturated carbocycles. The molecule has 1 aliphatic rings. The van der Waals surface area contributed by atoms with E-state index in [1.807, 2.05) is 6.92 Å². The van der Waals surface area contributed by atoms with Crippen molar-refractivity contribution in [3.8, 4) is 0 Å². The molecule has 1 saturated heterocycles. The lowest BCUT2D eigenvalue weighted by Gasteiger charge is -2.40. The van der Waals surface area contributed by atoms with Crippen molar-refractivity contribution in [1.82, 2.24) is 9.80 Å². The maximum atomic E-state index is 12.8. The van der Waals surface area contributed by atoms with Gasteiger partial charge in [-0.05, 0) is 43.3 Å². The van der Waals surface area contributed by atoms with Gasteiger partial charge >= 0.3 is 0 Å². The Balaban J connectivity index is 1.71. The quantitative estimate of drug-likeness (QED) is 0.630. The summed E-state index contributed by atoms with van der Waals surface area (Å²) in [4.78, 5) is 29.0. The molecule has 2 aromatic rings. The lowest BCUT2D eigenvalue weighted by atomic mass is 10.1. The molecule has 1 heterocycles. The zero-order valence-electron chi connectivity index (χ0n) is 14.4. The Morgan fingerprint density at radius 2 is 1.33 bits per heavy atom. The van der Waals surface area contributed by atoms with Crippen molar-refractivity contribution in [1.29, 1.82) is 0 Å². The Labute approximate surface area is 177 Å². The number of hydrogen-bond acceptors (Lipinski definition) is 2. The van der Waals surface area contributed by atoms with E-state index in [1.165, 1.54) is 0 Å². The van der Waals surface area contributed by atoms with Gasteiger partial charge in [0, 0.05) is 36.8 Å². The van der Waals surface area contributed by atoms with Crippen LogP contribution in [0.1, 0.15) is 27.6 Å². The predicted molar refractivity (Wildman–Crippen MR) is 109 cm³/mol. The number of carbonyl (C=O) groups is 2. The molecule has 0 N–H and O–H groups in total. The smallest absolute Gasteiger partial charge is 0.254 e. The van der Waals surface area contributed by atoms with E-state index in [0.717, 1.165) is 0 Å². The minimum absolute atomic E-state index is 0.136. The zero-order valence-corrected chi connectivity index (χ0v) is 17.4. The topological polar surface area (TPSA) is 40.6 Å². The SMILES string of the molecule is CC1CN(C(=O)c2ccc(Cl)c(Cl)c2)CCN1C(=O)c1ccc(Cl)c(Cl)c1. The first-order valence-corrected chi connectivity index (χ1v) is 9.79. The van der Waals surface area contributed by atoms with Crippen molar-refractivity contribution in [2.75, 3.05) is 19.6 Å². The summed E-state index contributed by atoms with van der Waals surface area (Å²) in [6.07, 6.45) is 0. The third-order valence-electron chi connectivity index (χ3n) is 4.51. The van der Waals surface area contributed by atoms with Crippen LogP contribution in [0.2, 0.25) is 20.1 Å². The summed E-state index contributed by atoms with van der Waals surface area (Å²) >= 11 is 23.8. The number of benzene rings is 2. The minimum Gasteiger partial charge on any atom is -0.335 e. The summed E-state index contributed by atoms with van der Waals surface area (Å²) in [7, 11) is 0. The molecule has 3 rings (SSSR count). The standard InChI is InChI=1S/C19H16Cl4N2O2/c1-11-10-24(18(26)12-2-4-14(20)16(22)8-12)6-7-25(11)19(27)13-3-5-15(21)17(23)9-13/h2-5,8-9,11H,6-7,10H2,1H3. The van der Waals surface area contributed by atoms with Crippen molar-refractivity contribution in [3.63, 3.8) is 0 Å². The Morgan fingerprint density at radius 1 is 0.815 bits per heavy atom. The van der Waals surface area contributed by atoms with Crippen molar-refractivity contribution in [3.05, 3.63) is 67.6 Å². The van der Waals surface area contributed by atoms with E-state index < -0.39 is 0 Å². The monoisotopic (exact) mass is 444 g/mol. The number of amides is 2. The maximum Gasteiger partial charge on any atom is 0.254 e. The van der Waals surface area contributed by atoms with Crippen LogP contribution in [0.3, 0.4) is 0 Å². The molecular formula is C19H16Cl4N2O2. The Kier molecular flexibility index (Phi) is 6.21. The third kappa shape index (κ3) is 4.35. The molecule has 1 atom stereocenters. The van der Waals surface area contributed by atoms with Gasteiger partial charge in [-0.25, -0.2) is 0 Å². The molecule has 2 aromatic carbocycles. The third-order valence-corrected chi connectivity index (χ3v) is 5.99. The molecule has 1 fully saturated rings. The molecular weight excluding hydrogens is 430 g/mol. The van der Waals surface area contributed by atoms with Crippen LogP contribution in [0.25, 0.3) is 0 Å². The van der Waals surface area contributed by atoms with Gasteiger partial charge < -0.3 is 9.80 Å². The van der Waals surface area contributed by atoms with Gasteiger partial charge in [-0.1, -0.05) is 46.4 Å². The van der Waals surface area contributed by atoms with Crippen molar-refractivity contribution >= 4 is 58.2 Å². The van der Waals surface area contributed by atoms with E-state index in [1.54, 1.807) is 46.2 Å². The normalized spacial score (nSPS) is 17.1. The number of carbonyl (C=O) groups excluding carboxylic acids is 2. The number of halogens is 4. The van der Waals surface area contributed by atoms with Gasteiger partial charge in [0.15, 0.2) is 0 Å². The van der Waals surface area contributed by atoms with Crippen LogP contribution in [0.4, 0.5) is 0 Å². The van der Waals surface area contributed by atoms with Crippen LogP contribution >= 0.6 is 46.4 Å². The predicted octanol–water partition coefficient (Wildman–Crippen LogP) is 5.29. The van der Waals surface area contributed by atoms with Crippen LogP contribution in [0.5, 0.6) is 0 Å². The van der Waals surface area contributed by atoms with Crippen molar-refractivity contribution < 1.29 is 9.59 Å². The van der Waals surface area contributed by atoms with E-state index in [9.17, 15) is 9.59 Å². The first-order chi connectivity index (χ1) is 12.8. The van der Waals surface area contributed by atoms with E-state index in [2.05, 4.69) is 0 Å². The summed E-state index contributed by atoms with van der Waals surface area (Å²) in [5.41, 5.74) is 0.946. The lowest BCUT2D eigenvalue weighted by Crippen LogP contribution is -2.55. The Morgan fingerprint density at radius 3 is 1.81 bits per heavy atom. The number of rotatable bonds is 2. The highest BCUT2D eigenvalue weighted by Crippen LogP contribution is 2.26. The van der Waals surface area contributed by atoms with E-state index in [0.29, 0.717) is 50.9 Å². The average Bonchev–Trinajstić information content (AvgIpc) is 2.65. The van der Waals surface area contributed by atoms with Gasteiger partial charge in [-0.2, -0.15) is 0 Å². The summed E-state index contributed by atoms with van der Waals surface area (Å²) in [6.45, 7) is 3.18. The van der Waals surface area contributed by atoms with Gasteiger partial charge in [-0.3, -0.25) is 9.59 Å². The molecule has 0 spiro atoms. The molecule has 0 aliphatic carbocycles. The van der Waals surface area contributed by atoms with Gasteiger partial charge in [0.1, 0.15) is 0 Å². The number of piperazine rings is 1. The van der Waals surface area contributed by atoms with Gasteiger partial charge in [0.2, 0.25) is 0 Å². The second-order valence-electron chi connectivity index (χ2n) is 6.36. The number of hydrogen-bond donors (Lipinski definition) is 0. The fourth-order valence-corrected chi connectivity index (χ4v) is 3.65. The van der Waals surface area contributed by atoms with Gasteiger partial charge in [-0.15, -0.1) is 0 Å². The van der Waals surface area contributed by atoms with E-state index in [4.69, 9.17) is 46.4 Å². The second kappa shape index (κ2) is 8.27. The van der Waals surface area contributed by atoms with Crippen molar-refractivity contribution in [2.45, 2.75) is 13.0 Å². The molecule has 0 bridgehead atoms. The summed E-state index contributed by atoms with van der Waals surface area (Å²) in [5, 5.41) is 1.48. The molecule has 27 heavy (non-hydrogen) atoms. The van der Waals surface area contributed by atoms with Gasteiger partial charge in [0.05, 0.1) is 20.1 Å². The molecule has 0 aromatic heterocycles. The Hall–Kier alpha value is -1.46. The highest BCUT2D eigenvalue weighted by atomic mass is 35.5. The first-order valence-electron chi connectivity index (χ1n) is 8.28. The highest BCUT2D eigenvalue weighted by molar-refractivity contribution is 6.42. The maximum absolute atomic E-state index is 12.8. The van der Waals surface area contributed by atoms with E-state index >= 15 is 0 Å². The van der Waals surface area contributed by atoms with E-state index in [-0.39, 0.29) is 17.9 Å². The van der Waals surface area contributed by atoms with Crippen molar-refractivity contribution in [2.24, 2.45) is 0 Å². The van der Waals surface area contributed by atoms with Crippen LogP contribution in [0, 0.1) is 0 Å². The van der Waals surface area contributed by atoms with Crippen LogP contribution in [-0.4, -0.2) is 47.3 Å². The molecule has 4 nitrogen and oxygen atoms in total. The fraction of sp³-hybridized carbons (Fsp3) is 0.263.